The summed E-state index contributed by atoms with van der Waals surface area (Å²) in [5, 5.41) is 6.46. The largest absolute Gasteiger partial charge is 0.454 e. The van der Waals surface area contributed by atoms with E-state index in [0.29, 0.717) is 39.5 Å². The number of carbonyl (C=O) groups is 1. The van der Waals surface area contributed by atoms with Gasteiger partial charge >= 0.3 is 0 Å². The Balaban J connectivity index is 1.55. The van der Waals surface area contributed by atoms with Crippen LogP contribution in [0.5, 0.6) is 11.5 Å². The number of carbonyl (C=O) groups excluding carboxylic acids is 1. The van der Waals surface area contributed by atoms with E-state index < -0.39 is 0 Å². The van der Waals surface area contributed by atoms with Crippen LogP contribution >= 0.6 is 11.6 Å². The number of aromatic nitrogens is 2. The summed E-state index contributed by atoms with van der Waals surface area (Å²) in [6.07, 6.45) is 0. The molecular formula is C19H15ClN4O3. The van der Waals surface area contributed by atoms with Crippen molar-refractivity contribution in [3.8, 4) is 11.5 Å². The van der Waals surface area contributed by atoms with Gasteiger partial charge in [-0.3, -0.25) is 4.79 Å². The molecule has 1 amide bonds. The van der Waals surface area contributed by atoms with Gasteiger partial charge in [0.05, 0.1) is 10.7 Å². The molecule has 0 saturated heterocycles. The van der Waals surface area contributed by atoms with Gasteiger partial charge in [-0.05, 0) is 31.2 Å². The fourth-order valence-electron chi connectivity index (χ4n) is 2.62. The first-order valence-corrected chi connectivity index (χ1v) is 8.54. The number of benzene rings is 2. The van der Waals surface area contributed by atoms with Crippen LogP contribution in [0, 0.1) is 6.92 Å². The van der Waals surface area contributed by atoms with Crippen molar-refractivity contribution < 1.29 is 14.3 Å². The van der Waals surface area contributed by atoms with E-state index in [1.807, 2.05) is 18.2 Å². The molecule has 2 aromatic carbocycles. The van der Waals surface area contributed by atoms with Gasteiger partial charge in [0.15, 0.2) is 11.5 Å². The van der Waals surface area contributed by atoms with Crippen molar-refractivity contribution in [2.75, 3.05) is 17.4 Å². The van der Waals surface area contributed by atoms with Crippen LogP contribution in [0.1, 0.15) is 16.3 Å². The number of aryl methyl sites for hydroxylation is 1. The molecule has 0 radical (unpaired) electrons. The number of hydrogen-bond donors (Lipinski definition) is 2. The third-order valence-electron chi connectivity index (χ3n) is 3.84. The van der Waals surface area contributed by atoms with Crippen LogP contribution in [-0.4, -0.2) is 22.7 Å². The second-order valence-corrected chi connectivity index (χ2v) is 6.22. The van der Waals surface area contributed by atoms with E-state index in [1.165, 1.54) is 0 Å². The lowest BCUT2D eigenvalue weighted by atomic mass is 10.2. The van der Waals surface area contributed by atoms with Crippen molar-refractivity contribution in [1.29, 1.82) is 0 Å². The van der Waals surface area contributed by atoms with Crippen LogP contribution in [0.15, 0.2) is 48.5 Å². The third kappa shape index (κ3) is 3.78. The Morgan fingerprint density at radius 2 is 1.89 bits per heavy atom. The summed E-state index contributed by atoms with van der Waals surface area (Å²) in [4.78, 5) is 21.1. The Labute approximate surface area is 160 Å². The molecule has 1 aromatic heterocycles. The van der Waals surface area contributed by atoms with Crippen LogP contribution < -0.4 is 20.1 Å². The molecule has 0 fully saturated rings. The van der Waals surface area contributed by atoms with Crippen molar-refractivity contribution >= 4 is 34.7 Å². The van der Waals surface area contributed by atoms with E-state index in [0.717, 1.165) is 0 Å². The highest BCUT2D eigenvalue weighted by molar-refractivity contribution is 6.33. The zero-order valence-corrected chi connectivity index (χ0v) is 15.1. The normalized spacial score (nSPS) is 11.9. The summed E-state index contributed by atoms with van der Waals surface area (Å²) in [6, 6.07) is 14.0. The molecule has 7 nitrogen and oxygen atoms in total. The van der Waals surface area contributed by atoms with Gasteiger partial charge in [-0.25, -0.2) is 9.97 Å². The van der Waals surface area contributed by atoms with Gasteiger partial charge in [-0.15, -0.1) is 0 Å². The van der Waals surface area contributed by atoms with Gasteiger partial charge < -0.3 is 20.1 Å². The van der Waals surface area contributed by atoms with Crippen LogP contribution in [0.25, 0.3) is 0 Å². The summed E-state index contributed by atoms with van der Waals surface area (Å²) in [5.74, 6) is 1.82. The predicted molar refractivity (Wildman–Crippen MR) is 102 cm³/mol. The van der Waals surface area contributed by atoms with Crippen molar-refractivity contribution in [2.24, 2.45) is 0 Å². The molecule has 0 spiro atoms. The van der Waals surface area contributed by atoms with Crippen molar-refractivity contribution in [1.82, 2.24) is 9.97 Å². The molecule has 2 N–H and O–H groups in total. The Hall–Kier alpha value is -3.32. The smallest absolute Gasteiger partial charge is 0.274 e. The highest BCUT2D eigenvalue weighted by atomic mass is 35.5. The number of nitrogens with one attached hydrogen (secondary N) is 2. The minimum Gasteiger partial charge on any atom is -0.454 e. The fourth-order valence-corrected chi connectivity index (χ4v) is 2.80. The Bertz CT molecular complexity index is 1030. The van der Waals surface area contributed by atoms with Crippen LogP contribution in [-0.2, 0) is 0 Å². The van der Waals surface area contributed by atoms with E-state index in [-0.39, 0.29) is 18.4 Å². The van der Waals surface area contributed by atoms with E-state index in [2.05, 4.69) is 20.6 Å². The van der Waals surface area contributed by atoms with Gasteiger partial charge in [0.1, 0.15) is 17.3 Å². The number of nitrogens with zero attached hydrogens (tertiary/aromatic N) is 2. The zero-order valence-electron chi connectivity index (χ0n) is 14.3. The van der Waals surface area contributed by atoms with Gasteiger partial charge in [0, 0.05) is 17.8 Å². The molecule has 2 heterocycles. The summed E-state index contributed by atoms with van der Waals surface area (Å²) in [5.41, 5.74) is 1.51. The first kappa shape index (κ1) is 17.1. The van der Waals surface area contributed by atoms with E-state index >= 15 is 0 Å². The topological polar surface area (TPSA) is 85.4 Å². The highest BCUT2D eigenvalue weighted by Gasteiger charge is 2.16. The van der Waals surface area contributed by atoms with E-state index in [4.69, 9.17) is 21.1 Å². The average Bonchev–Trinajstić information content (AvgIpc) is 3.11. The number of fused-ring (bicyclic) bond motifs is 1. The second-order valence-electron chi connectivity index (χ2n) is 5.81. The quantitative estimate of drug-likeness (QED) is 0.704. The van der Waals surface area contributed by atoms with Gasteiger partial charge in [-0.1, -0.05) is 23.7 Å². The molecule has 0 atom stereocenters. The number of amides is 1. The first-order valence-electron chi connectivity index (χ1n) is 8.17. The minimum atomic E-state index is -0.360. The molecular weight excluding hydrogens is 368 g/mol. The number of hydrogen-bond acceptors (Lipinski definition) is 6. The molecule has 136 valence electrons. The SMILES string of the molecule is Cc1nc(Nc2ccccc2Cl)cc(C(=O)Nc2ccc3c(c2)OCO3)n1. The summed E-state index contributed by atoms with van der Waals surface area (Å²) in [7, 11) is 0. The molecule has 1 aliphatic rings. The molecule has 27 heavy (non-hydrogen) atoms. The molecule has 0 saturated carbocycles. The summed E-state index contributed by atoms with van der Waals surface area (Å²) < 4.78 is 10.6. The Morgan fingerprint density at radius 1 is 1.07 bits per heavy atom. The average molecular weight is 383 g/mol. The molecule has 3 aromatic rings. The molecule has 4 rings (SSSR count). The molecule has 1 aliphatic heterocycles. The Kier molecular flexibility index (Phi) is 4.52. The first-order chi connectivity index (χ1) is 13.1. The number of para-hydroxylation sites is 1. The minimum absolute atomic E-state index is 0.176. The lowest BCUT2D eigenvalue weighted by molar-refractivity contribution is 0.102. The monoisotopic (exact) mass is 382 g/mol. The van der Waals surface area contributed by atoms with Gasteiger partial charge in [-0.2, -0.15) is 0 Å². The van der Waals surface area contributed by atoms with Crippen molar-refractivity contribution in [3.63, 3.8) is 0 Å². The van der Waals surface area contributed by atoms with Crippen LogP contribution in [0.4, 0.5) is 17.2 Å². The van der Waals surface area contributed by atoms with E-state index in [9.17, 15) is 4.79 Å². The maximum absolute atomic E-state index is 12.6. The van der Waals surface area contributed by atoms with Crippen LogP contribution in [0.3, 0.4) is 0 Å². The fraction of sp³-hybridized carbons (Fsp3) is 0.105. The van der Waals surface area contributed by atoms with Crippen molar-refractivity contribution in [3.05, 3.63) is 65.1 Å². The summed E-state index contributed by atoms with van der Waals surface area (Å²) in [6.45, 7) is 1.89. The number of ether oxygens (including phenoxy) is 2. The number of halogens is 1. The zero-order chi connectivity index (χ0) is 18.8. The maximum atomic E-state index is 12.6. The molecule has 0 bridgehead atoms. The van der Waals surface area contributed by atoms with E-state index in [1.54, 1.807) is 37.3 Å². The number of rotatable bonds is 4. The molecule has 8 heteroatoms. The summed E-state index contributed by atoms with van der Waals surface area (Å²) >= 11 is 6.16. The maximum Gasteiger partial charge on any atom is 0.274 e. The molecule has 0 unspecified atom stereocenters. The highest BCUT2D eigenvalue weighted by Crippen LogP contribution is 2.34. The lowest BCUT2D eigenvalue weighted by Crippen LogP contribution is -2.15. The van der Waals surface area contributed by atoms with Gasteiger partial charge in [0.25, 0.3) is 5.91 Å². The second kappa shape index (κ2) is 7.13. The van der Waals surface area contributed by atoms with Crippen molar-refractivity contribution in [2.45, 2.75) is 6.92 Å². The molecule has 0 aliphatic carbocycles. The number of anilines is 3. The third-order valence-corrected chi connectivity index (χ3v) is 4.17. The van der Waals surface area contributed by atoms with Gasteiger partial charge in [0.2, 0.25) is 6.79 Å². The lowest BCUT2D eigenvalue weighted by Gasteiger charge is -2.10. The Morgan fingerprint density at radius 3 is 2.74 bits per heavy atom. The predicted octanol–water partition coefficient (Wildman–Crippen LogP) is 4.16. The standard InChI is InChI=1S/C19H15ClN4O3/c1-11-21-15(9-18(22-11)24-14-5-3-2-4-13(14)20)19(25)23-12-6-7-16-17(8-12)27-10-26-16/h2-9H,10H2,1H3,(H,23,25)(H,21,22,24). The van der Waals surface area contributed by atoms with Crippen LogP contribution in [0.2, 0.25) is 5.02 Å².